The monoisotopic (exact) mass is 648 g/mol. The van der Waals surface area contributed by atoms with Crippen molar-refractivity contribution in [3.05, 3.63) is 0 Å². The minimum atomic E-state index is -1.15. The van der Waals surface area contributed by atoms with Gasteiger partial charge in [-0.2, -0.15) is 25.3 Å². The van der Waals surface area contributed by atoms with E-state index in [0.717, 1.165) is 12.8 Å². The van der Waals surface area contributed by atoms with Gasteiger partial charge in [0.2, 0.25) is 0 Å². The minimum absolute atomic E-state index is 0.149. The predicted molar refractivity (Wildman–Crippen MR) is 138 cm³/mol. The number of unbranched alkanes of at least 4 members (excludes halogenated alkanes) is 9. The van der Waals surface area contributed by atoms with Crippen molar-refractivity contribution >= 4 is 73.5 Å². The zero-order valence-corrected chi connectivity index (χ0v) is 26.9. The standard InChI is InChI=1S/C12H24O2S2.2C4H9.2CH3.2Sn/c1-2-3-4-5-6-7-8-9-10-12(15,16)11(13)14;2*1-3-4-2;;;;/h15-16H,2-10H2,1H3,(H,13,14);2*1,3-4H2,2H3;2*1H3;;. The third kappa shape index (κ3) is 32.4. The Morgan fingerprint density at radius 2 is 1.11 bits per heavy atom. The van der Waals surface area contributed by atoms with E-state index in [0.29, 0.717) is 6.42 Å². The summed E-state index contributed by atoms with van der Waals surface area (Å²) in [6.45, 7) is 6.79. The predicted octanol–water partition coefficient (Wildman–Crippen LogP) is 8.07. The molecule has 0 amide bonds. The Balaban J connectivity index is -0.000000438. The topological polar surface area (TPSA) is 37.3 Å². The molecule has 0 heterocycles. The van der Waals surface area contributed by atoms with E-state index in [1.807, 2.05) is 0 Å². The molecular weight excluding hydrogens is 598 g/mol. The molecule has 0 fully saturated rings. The van der Waals surface area contributed by atoms with Crippen molar-refractivity contribution in [1.82, 2.24) is 0 Å². The van der Waals surface area contributed by atoms with Crippen molar-refractivity contribution in [2.45, 2.75) is 127 Å². The molecule has 0 aromatic carbocycles. The maximum atomic E-state index is 10.7. The molecule has 0 saturated carbocycles. The summed E-state index contributed by atoms with van der Waals surface area (Å²) in [4.78, 5) is 15.3. The van der Waals surface area contributed by atoms with E-state index in [1.54, 1.807) is 8.87 Å². The molecule has 4 radical (unpaired) electrons. The molecule has 0 aliphatic carbocycles. The number of carbonyl (C=O) groups is 1. The molecule has 2 nitrogen and oxygen atoms in total. The van der Waals surface area contributed by atoms with Crippen molar-refractivity contribution in [2.75, 3.05) is 0 Å². The van der Waals surface area contributed by atoms with E-state index in [1.165, 1.54) is 64.2 Å². The summed E-state index contributed by atoms with van der Waals surface area (Å²) in [6.07, 6.45) is 16.1. The Morgan fingerprint density at radius 3 is 1.46 bits per heavy atom. The van der Waals surface area contributed by atoms with Gasteiger partial charge in [0, 0.05) is 0 Å². The molecule has 1 N–H and O–H groups in total. The first-order valence-corrected chi connectivity index (χ1v) is 21.9. The summed E-state index contributed by atoms with van der Waals surface area (Å²) in [5, 5.41) is 8.79. The fourth-order valence-electron chi connectivity index (χ4n) is 2.34. The molecule has 0 unspecified atom stereocenters. The normalized spacial score (nSPS) is 10.5. The molecular formula is C22H48O2S2Sn2. The Labute approximate surface area is 208 Å². The summed E-state index contributed by atoms with van der Waals surface area (Å²) >= 11 is 8.41. The van der Waals surface area contributed by atoms with Gasteiger partial charge >= 0.3 is 107 Å². The van der Waals surface area contributed by atoms with Gasteiger partial charge in [-0.15, -0.1) is 0 Å². The second kappa shape index (κ2) is 28.8. The first-order valence-electron chi connectivity index (χ1n) is 11.3. The Bertz CT molecular complexity index is 298. The van der Waals surface area contributed by atoms with E-state index in [2.05, 4.69) is 55.9 Å². The van der Waals surface area contributed by atoms with Gasteiger partial charge < -0.3 is 5.11 Å². The van der Waals surface area contributed by atoms with Gasteiger partial charge in [0.05, 0.1) is 0 Å². The molecule has 0 bridgehead atoms. The number of hydrogen-bond donors (Lipinski definition) is 3. The second-order valence-electron chi connectivity index (χ2n) is 7.30. The van der Waals surface area contributed by atoms with Crippen LogP contribution in [0.5, 0.6) is 0 Å². The van der Waals surface area contributed by atoms with E-state index in [9.17, 15) is 4.79 Å². The van der Waals surface area contributed by atoms with Crippen LogP contribution in [0.1, 0.15) is 104 Å². The van der Waals surface area contributed by atoms with Gasteiger partial charge in [-0.05, 0) is 6.42 Å². The van der Waals surface area contributed by atoms with Crippen LogP contribution in [0.15, 0.2) is 0 Å². The maximum absolute atomic E-state index is 10.7. The van der Waals surface area contributed by atoms with E-state index >= 15 is 0 Å². The number of rotatable bonds is 16. The second-order valence-corrected chi connectivity index (χ2v) is 16.3. The molecule has 28 heavy (non-hydrogen) atoms. The van der Waals surface area contributed by atoms with Gasteiger partial charge in [0.1, 0.15) is 0 Å². The van der Waals surface area contributed by atoms with Crippen molar-refractivity contribution in [3.63, 3.8) is 0 Å². The van der Waals surface area contributed by atoms with Gasteiger partial charge in [0.25, 0.3) is 0 Å². The van der Waals surface area contributed by atoms with Crippen LogP contribution >= 0.6 is 25.3 Å². The van der Waals surface area contributed by atoms with Gasteiger partial charge in [-0.1, -0.05) is 58.3 Å². The SMILES string of the molecule is CCCCCCCCCCC(S)(S)C(=O)O.CCC[CH2][Sn][CH2]CCC.[CH3][Sn][CH3]. The van der Waals surface area contributed by atoms with Crippen LogP contribution in [-0.4, -0.2) is 57.4 Å². The third-order valence-corrected chi connectivity index (χ3v) is 9.00. The van der Waals surface area contributed by atoms with Crippen LogP contribution in [0.3, 0.4) is 0 Å². The van der Waals surface area contributed by atoms with E-state index < -0.39 is 10.0 Å². The summed E-state index contributed by atoms with van der Waals surface area (Å²) < 4.78 is 2.10. The van der Waals surface area contributed by atoms with Crippen LogP contribution in [-0.2, 0) is 4.79 Å². The molecule has 0 aliphatic rings. The number of thiol groups is 2. The van der Waals surface area contributed by atoms with Gasteiger partial charge in [-0.3, -0.25) is 0 Å². The number of hydrogen-bond acceptors (Lipinski definition) is 3. The Kier molecular flexibility index (Phi) is 35.3. The van der Waals surface area contributed by atoms with Gasteiger partial charge in [-0.25, -0.2) is 4.79 Å². The van der Waals surface area contributed by atoms with Crippen LogP contribution < -0.4 is 0 Å². The third-order valence-electron chi connectivity index (χ3n) is 4.14. The molecule has 0 saturated heterocycles. The molecule has 168 valence electrons. The number of carboxylic acids is 1. The summed E-state index contributed by atoms with van der Waals surface area (Å²) in [5.74, 6) is -0.942. The van der Waals surface area contributed by atoms with Crippen molar-refractivity contribution in [2.24, 2.45) is 0 Å². The fourth-order valence-corrected chi connectivity index (χ4v) is 6.82. The average Bonchev–Trinajstić information content (AvgIpc) is 2.65. The summed E-state index contributed by atoms with van der Waals surface area (Å²) in [6, 6.07) is 0. The van der Waals surface area contributed by atoms with Crippen molar-refractivity contribution in [3.8, 4) is 0 Å². The summed E-state index contributed by atoms with van der Waals surface area (Å²) in [7, 11) is 0. The van der Waals surface area contributed by atoms with Crippen molar-refractivity contribution < 1.29 is 9.90 Å². The Hall–Kier alpha value is 1.77. The van der Waals surface area contributed by atoms with Crippen LogP contribution in [0.4, 0.5) is 0 Å². The zero-order chi connectivity index (χ0) is 22.1. The van der Waals surface area contributed by atoms with E-state index in [-0.39, 0.29) is 42.3 Å². The number of carboxylic acid groups (broad SMARTS) is 1. The van der Waals surface area contributed by atoms with Crippen molar-refractivity contribution in [1.29, 1.82) is 0 Å². The zero-order valence-electron chi connectivity index (χ0n) is 19.4. The van der Waals surface area contributed by atoms with Crippen LogP contribution in [0.2, 0.25) is 18.8 Å². The molecule has 0 atom stereocenters. The quantitative estimate of drug-likeness (QED) is 0.0687. The van der Waals surface area contributed by atoms with Gasteiger partial charge in [0.15, 0.2) is 4.08 Å². The van der Waals surface area contributed by atoms with Crippen LogP contribution in [0.25, 0.3) is 0 Å². The Morgan fingerprint density at radius 1 is 0.750 bits per heavy atom. The molecule has 0 aromatic rings. The first-order chi connectivity index (χ1) is 13.3. The molecule has 0 spiro atoms. The molecule has 6 heteroatoms. The van der Waals surface area contributed by atoms with Crippen LogP contribution in [0, 0.1) is 0 Å². The average molecular weight is 646 g/mol. The molecule has 0 aliphatic heterocycles. The summed E-state index contributed by atoms with van der Waals surface area (Å²) in [5.41, 5.74) is 0. The number of aliphatic carboxylic acids is 1. The molecule has 0 aromatic heterocycles. The molecule has 0 rings (SSSR count). The van der Waals surface area contributed by atoms with E-state index in [4.69, 9.17) is 5.11 Å². The first kappa shape index (κ1) is 34.4. The fraction of sp³-hybridized carbons (Fsp3) is 0.955.